The SMILES string of the molecule is CCOC(=O)C(C(=O)OCC)[C@H]1C=C[C@@H]2COc3ccccc3[C@@H]2C1. The van der Waals surface area contributed by atoms with Gasteiger partial charge in [-0.3, -0.25) is 9.59 Å². The fraction of sp³-hybridized carbons (Fsp3) is 0.500. The van der Waals surface area contributed by atoms with Gasteiger partial charge in [-0.1, -0.05) is 30.4 Å². The summed E-state index contributed by atoms with van der Waals surface area (Å²) in [4.78, 5) is 24.8. The van der Waals surface area contributed by atoms with Crippen LogP contribution in [-0.2, 0) is 19.1 Å². The number of carbonyl (C=O) groups is 2. The maximum atomic E-state index is 12.4. The van der Waals surface area contributed by atoms with E-state index in [4.69, 9.17) is 14.2 Å². The van der Waals surface area contributed by atoms with Crippen molar-refractivity contribution >= 4 is 11.9 Å². The van der Waals surface area contributed by atoms with E-state index in [-0.39, 0.29) is 31.0 Å². The van der Waals surface area contributed by atoms with Crippen LogP contribution >= 0.6 is 0 Å². The van der Waals surface area contributed by atoms with Gasteiger partial charge in [0.15, 0.2) is 5.92 Å². The summed E-state index contributed by atoms with van der Waals surface area (Å²) in [6.07, 6.45) is 4.72. The summed E-state index contributed by atoms with van der Waals surface area (Å²) < 4.78 is 16.1. The highest BCUT2D eigenvalue weighted by Crippen LogP contribution is 2.45. The zero-order chi connectivity index (χ0) is 17.8. The molecule has 0 fully saturated rings. The van der Waals surface area contributed by atoms with Crippen LogP contribution in [0.25, 0.3) is 0 Å². The van der Waals surface area contributed by atoms with E-state index in [1.807, 2.05) is 24.3 Å². The molecule has 3 rings (SSSR count). The van der Waals surface area contributed by atoms with E-state index in [0.717, 1.165) is 11.3 Å². The van der Waals surface area contributed by atoms with E-state index in [1.54, 1.807) is 13.8 Å². The van der Waals surface area contributed by atoms with E-state index in [2.05, 4.69) is 12.1 Å². The molecule has 1 aliphatic heterocycles. The molecular weight excluding hydrogens is 320 g/mol. The Hall–Kier alpha value is -2.30. The number of rotatable bonds is 5. The predicted octanol–water partition coefficient (Wildman–Crippen LogP) is 3.10. The van der Waals surface area contributed by atoms with Gasteiger partial charge in [0.2, 0.25) is 0 Å². The summed E-state index contributed by atoms with van der Waals surface area (Å²) in [6.45, 7) is 4.58. The summed E-state index contributed by atoms with van der Waals surface area (Å²) in [5.41, 5.74) is 1.14. The molecule has 1 aliphatic carbocycles. The average molecular weight is 344 g/mol. The van der Waals surface area contributed by atoms with Gasteiger partial charge in [-0.15, -0.1) is 0 Å². The number of carbonyl (C=O) groups excluding carboxylic acids is 2. The lowest BCUT2D eigenvalue weighted by Crippen LogP contribution is -2.38. The van der Waals surface area contributed by atoms with Crippen molar-refractivity contribution in [3.05, 3.63) is 42.0 Å². The molecule has 1 heterocycles. The molecule has 0 amide bonds. The van der Waals surface area contributed by atoms with Crippen LogP contribution in [0.4, 0.5) is 0 Å². The third kappa shape index (κ3) is 3.55. The molecule has 0 spiro atoms. The van der Waals surface area contributed by atoms with Crippen molar-refractivity contribution in [2.45, 2.75) is 26.2 Å². The smallest absolute Gasteiger partial charge is 0.320 e. The highest BCUT2D eigenvalue weighted by atomic mass is 16.6. The van der Waals surface area contributed by atoms with Gasteiger partial charge >= 0.3 is 11.9 Å². The van der Waals surface area contributed by atoms with Crippen LogP contribution in [-0.4, -0.2) is 31.8 Å². The van der Waals surface area contributed by atoms with E-state index < -0.39 is 17.9 Å². The van der Waals surface area contributed by atoms with E-state index in [0.29, 0.717) is 13.0 Å². The zero-order valence-corrected chi connectivity index (χ0v) is 14.6. The largest absolute Gasteiger partial charge is 0.493 e. The highest BCUT2D eigenvalue weighted by molar-refractivity contribution is 5.95. The van der Waals surface area contributed by atoms with Crippen LogP contribution in [0.2, 0.25) is 0 Å². The summed E-state index contributed by atoms with van der Waals surface area (Å²) in [5, 5.41) is 0. The minimum absolute atomic E-state index is 0.228. The molecule has 5 nitrogen and oxygen atoms in total. The number of benzene rings is 1. The second-order valence-electron chi connectivity index (χ2n) is 6.39. The summed E-state index contributed by atoms with van der Waals surface area (Å²) in [5.74, 6) is -0.773. The Kier molecular flexibility index (Phi) is 5.41. The van der Waals surface area contributed by atoms with Crippen LogP contribution in [0, 0.1) is 17.8 Å². The van der Waals surface area contributed by atoms with Gasteiger partial charge in [-0.25, -0.2) is 0 Å². The van der Waals surface area contributed by atoms with Gasteiger partial charge in [-0.05, 0) is 37.8 Å². The van der Waals surface area contributed by atoms with Gasteiger partial charge < -0.3 is 14.2 Å². The minimum Gasteiger partial charge on any atom is -0.493 e. The molecule has 3 atom stereocenters. The third-order valence-electron chi connectivity index (χ3n) is 4.91. The van der Waals surface area contributed by atoms with Crippen LogP contribution < -0.4 is 4.74 Å². The first kappa shape index (κ1) is 17.5. The molecule has 134 valence electrons. The lowest BCUT2D eigenvalue weighted by atomic mass is 9.71. The molecule has 2 aliphatic rings. The first-order valence-corrected chi connectivity index (χ1v) is 8.89. The van der Waals surface area contributed by atoms with Gasteiger partial charge in [0.25, 0.3) is 0 Å². The normalized spacial score (nSPS) is 24.0. The van der Waals surface area contributed by atoms with E-state index >= 15 is 0 Å². The topological polar surface area (TPSA) is 61.8 Å². The maximum absolute atomic E-state index is 12.4. The number of para-hydroxylation sites is 1. The number of esters is 2. The summed E-state index contributed by atoms with van der Waals surface area (Å²) in [7, 11) is 0. The van der Waals surface area contributed by atoms with Crippen LogP contribution in [0.3, 0.4) is 0 Å². The molecule has 1 aromatic rings. The molecule has 0 aromatic heterocycles. The Bertz CT molecular complexity index is 648. The third-order valence-corrected chi connectivity index (χ3v) is 4.91. The van der Waals surface area contributed by atoms with Crippen molar-refractivity contribution in [1.29, 1.82) is 0 Å². The molecule has 25 heavy (non-hydrogen) atoms. The Balaban J connectivity index is 1.86. The molecule has 0 unspecified atom stereocenters. The highest BCUT2D eigenvalue weighted by Gasteiger charge is 2.42. The molecule has 0 saturated heterocycles. The zero-order valence-electron chi connectivity index (χ0n) is 14.6. The van der Waals surface area contributed by atoms with Gasteiger partial charge in [0, 0.05) is 11.8 Å². The Morgan fingerprint density at radius 2 is 1.80 bits per heavy atom. The number of ether oxygens (including phenoxy) is 3. The van der Waals surface area contributed by atoms with Crippen molar-refractivity contribution < 1.29 is 23.8 Å². The first-order chi connectivity index (χ1) is 12.2. The predicted molar refractivity (Wildman–Crippen MR) is 92.2 cm³/mol. The van der Waals surface area contributed by atoms with Gasteiger partial charge in [0.1, 0.15) is 5.75 Å². The Labute approximate surface area is 148 Å². The van der Waals surface area contributed by atoms with Crippen LogP contribution in [0.15, 0.2) is 36.4 Å². The van der Waals surface area contributed by atoms with Crippen LogP contribution in [0.1, 0.15) is 31.7 Å². The summed E-state index contributed by atoms with van der Waals surface area (Å²) in [6, 6.07) is 7.97. The molecular formula is C20H24O5. The van der Waals surface area contributed by atoms with Crippen molar-refractivity contribution in [3.8, 4) is 5.75 Å². The quantitative estimate of drug-likeness (QED) is 0.467. The molecule has 0 bridgehead atoms. The second kappa shape index (κ2) is 7.72. The van der Waals surface area contributed by atoms with Crippen molar-refractivity contribution in [3.63, 3.8) is 0 Å². The van der Waals surface area contributed by atoms with E-state index in [1.165, 1.54) is 0 Å². The van der Waals surface area contributed by atoms with Crippen molar-refractivity contribution in [2.75, 3.05) is 19.8 Å². The molecule has 0 radical (unpaired) electrons. The average Bonchev–Trinajstić information content (AvgIpc) is 2.62. The van der Waals surface area contributed by atoms with Crippen molar-refractivity contribution in [1.82, 2.24) is 0 Å². The first-order valence-electron chi connectivity index (χ1n) is 8.89. The summed E-state index contributed by atoms with van der Waals surface area (Å²) >= 11 is 0. The fourth-order valence-corrected chi connectivity index (χ4v) is 3.76. The van der Waals surface area contributed by atoms with Gasteiger partial charge in [0.05, 0.1) is 19.8 Å². The lowest BCUT2D eigenvalue weighted by molar-refractivity contribution is -0.163. The van der Waals surface area contributed by atoms with Gasteiger partial charge in [-0.2, -0.15) is 0 Å². The molecule has 1 aromatic carbocycles. The number of allylic oxidation sites excluding steroid dienone is 1. The Morgan fingerprint density at radius 1 is 1.12 bits per heavy atom. The lowest BCUT2D eigenvalue weighted by Gasteiger charge is -2.38. The van der Waals surface area contributed by atoms with Crippen LogP contribution in [0.5, 0.6) is 5.75 Å². The number of hydrogen-bond donors (Lipinski definition) is 0. The fourth-order valence-electron chi connectivity index (χ4n) is 3.76. The molecule has 5 heteroatoms. The second-order valence-corrected chi connectivity index (χ2v) is 6.39. The van der Waals surface area contributed by atoms with E-state index in [9.17, 15) is 9.59 Å². The standard InChI is InChI=1S/C20H24O5/c1-3-23-19(21)18(20(22)24-4-2)13-9-10-14-12-25-17-8-6-5-7-15(17)16(14)11-13/h5-10,13-14,16,18H,3-4,11-12H2,1-2H3/t13-,14+,16+/m0/s1. The number of hydrogen-bond acceptors (Lipinski definition) is 5. The number of fused-ring (bicyclic) bond motifs is 3. The Morgan fingerprint density at radius 3 is 2.48 bits per heavy atom. The monoisotopic (exact) mass is 344 g/mol. The maximum Gasteiger partial charge on any atom is 0.320 e. The minimum atomic E-state index is -0.910. The van der Waals surface area contributed by atoms with Crippen molar-refractivity contribution in [2.24, 2.45) is 17.8 Å². The molecule has 0 N–H and O–H groups in total. The molecule has 0 saturated carbocycles.